The Balaban J connectivity index is 1.90. The fourth-order valence-electron chi connectivity index (χ4n) is 2.50. The highest BCUT2D eigenvalue weighted by Crippen LogP contribution is 2.11. The van der Waals surface area contributed by atoms with Gasteiger partial charge in [0.2, 0.25) is 0 Å². The average Bonchev–Trinajstić information content (AvgIpc) is 2.73. The van der Waals surface area contributed by atoms with Crippen LogP contribution in [0, 0.1) is 0 Å². The second-order valence-electron chi connectivity index (χ2n) is 5.89. The minimum atomic E-state index is -0.676. The molecule has 0 radical (unpaired) electrons. The summed E-state index contributed by atoms with van der Waals surface area (Å²) in [4.78, 5) is 16.4. The number of aryl methyl sites for hydroxylation is 1. The van der Waals surface area contributed by atoms with E-state index in [-0.39, 0.29) is 5.91 Å². The summed E-state index contributed by atoms with van der Waals surface area (Å²) in [6.45, 7) is 7.36. The van der Waals surface area contributed by atoms with E-state index in [4.69, 9.17) is 0 Å². The molecule has 2 heterocycles. The molecule has 1 amide bonds. The summed E-state index contributed by atoms with van der Waals surface area (Å²) < 4.78 is 1.85. The Morgan fingerprint density at radius 1 is 1.32 bits per heavy atom. The van der Waals surface area contributed by atoms with Crippen LogP contribution in [0.25, 0.3) is 0 Å². The molecule has 1 aliphatic rings. The highest BCUT2D eigenvalue weighted by atomic mass is 16.3. The molecule has 106 valence electrons. The summed E-state index contributed by atoms with van der Waals surface area (Å²) in [6.07, 6.45) is 1.89. The maximum atomic E-state index is 12.3. The van der Waals surface area contributed by atoms with Crippen LogP contribution in [0.3, 0.4) is 0 Å². The molecule has 0 spiro atoms. The molecule has 1 fully saturated rings. The van der Waals surface area contributed by atoms with Gasteiger partial charge in [-0.25, -0.2) is 0 Å². The summed E-state index contributed by atoms with van der Waals surface area (Å²) in [7, 11) is 1.89. The molecule has 5 nitrogen and oxygen atoms in total. The predicted octanol–water partition coefficient (Wildman–Crippen LogP) is 0.554. The van der Waals surface area contributed by atoms with Crippen molar-refractivity contribution in [2.45, 2.75) is 19.4 Å². The van der Waals surface area contributed by atoms with Crippen molar-refractivity contribution < 1.29 is 9.90 Å². The van der Waals surface area contributed by atoms with Crippen LogP contribution >= 0.6 is 0 Å². The van der Waals surface area contributed by atoms with Crippen molar-refractivity contribution in [1.29, 1.82) is 0 Å². The van der Waals surface area contributed by atoms with Gasteiger partial charge >= 0.3 is 0 Å². The van der Waals surface area contributed by atoms with Crippen molar-refractivity contribution in [3.63, 3.8) is 0 Å². The molecule has 1 saturated heterocycles. The summed E-state index contributed by atoms with van der Waals surface area (Å²) >= 11 is 0. The maximum absolute atomic E-state index is 12.3. The van der Waals surface area contributed by atoms with Gasteiger partial charge in [-0.3, -0.25) is 9.69 Å². The number of carbonyl (C=O) groups excluding carboxylic acids is 1. The fraction of sp³-hybridized carbons (Fsp3) is 0.643. The first-order valence-corrected chi connectivity index (χ1v) is 6.72. The lowest BCUT2D eigenvalue weighted by Gasteiger charge is -2.37. The highest BCUT2D eigenvalue weighted by molar-refractivity contribution is 5.92. The van der Waals surface area contributed by atoms with E-state index in [2.05, 4.69) is 4.90 Å². The van der Waals surface area contributed by atoms with Gasteiger partial charge in [0.15, 0.2) is 0 Å². The minimum Gasteiger partial charge on any atom is -0.389 e. The highest BCUT2D eigenvalue weighted by Gasteiger charge is 2.26. The van der Waals surface area contributed by atoms with E-state index in [0.29, 0.717) is 6.54 Å². The van der Waals surface area contributed by atoms with Gasteiger partial charge in [0.1, 0.15) is 5.69 Å². The first kappa shape index (κ1) is 14.1. The molecule has 1 N–H and O–H groups in total. The van der Waals surface area contributed by atoms with Gasteiger partial charge in [-0.2, -0.15) is 0 Å². The maximum Gasteiger partial charge on any atom is 0.270 e. The molecule has 5 heteroatoms. The normalized spacial score (nSPS) is 17.8. The molecule has 0 bridgehead atoms. The van der Waals surface area contributed by atoms with E-state index in [1.165, 1.54) is 0 Å². The van der Waals surface area contributed by atoms with E-state index >= 15 is 0 Å². The summed E-state index contributed by atoms with van der Waals surface area (Å²) in [5.74, 6) is 0.0930. The third kappa shape index (κ3) is 3.58. The Bertz CT molecular complexity index is 440. The number of hydrogen-bond acceptors (Lipinski definition) is 3. The van der Waals surface area contributed by atoms with Crippen LogP contribution < -0.4 is 0 Å². The summed E-state index contributed by atoms with van der Waals surface area (Å²) in [6, 6.07) is 3.74. The molecule has 1 aliphatic heterocycles. The Morgan fingerprint density at radius 3 is 2.42 bits per heavy atom. The third-order valence-corrected chi connectivity index (χ3v) is 3.43. The van der Waals surface area contributed by atoms with Gasteiger partial charge < -0.3 is 14.6 Å². The van der Waals surface area contributed by atoms with E-state index < -0.39 is 5.60 Å². The van der Waals surface area contributed by atoms with Gasteiger partial charge in [-0.15, -0.1) is 0 Å². The molecule has 0 unspecified atom stereocenters. The zero-order valence-corrected chi connectivity index (χ0v) is 12.0. The molecular formula is C14H23N3O2. The van der Waals surface area contributed by atoms with Crippen LogP contribution in [0.4, 0.5) is 0 Å². The second-order valence-corrected chi connectivity index (χ2v) is 5.89. The van der Waals surface area contributed by atoms with Crippen molar-refractivity contribution in [2.24, 2.45) is 7.05 Å². The monoisotopic (exact) mass is 265 g/mol. The van der Waals surface area contributed by atoms with Crippen molar-refractivity contribution in [3.05, 3.63) is 24.0 Å². The molecule has 1 aromatic rings. The predicted molar refractivity (Wildman–Crippen MR) is 74.1 cm³/mol. The average molecular weight is 265 g/mol. The van der Waals surface area contributed by atoms with Crippen LogP contribution in [0.15, 0.2) is 18.3 Å². The Morgan fingerprint density at radius 2 is 1.95 bits per heavy atom. The van der Waals surface area contributed by atoms with Crippen LogP contribution in [0.5, 0.6) is 0 Å². The van der Waals surface area contributed by atoms with Crippen molar-refractivity contribution >= 4 is 5.91 Å². The molecule has 0 aromatic carbocycles. The Kier molecular flexibility index (Phi) is 3.96. The van der Waals surface area contributed by atoms with E-state index in [1.807, 2.05) is 48.7 Å². The number of rotatable bonds is 3. The number of piperazine rings is 1. The third-order valence-electron chi connectivity index (χ3n) is 3.43. The summed E-state index contributed by atoms with van der Waals surface area (Å²) in [5.41, 5.74) is 0.0561. The van der Waals surface area contributed by atoms with Crippen LogP contribution in [0.1, 0.15) is 24.3 Å². The van der Waals surface area contributed by atoms with Crippen LogP contribution in [0.2, 0.25) is 0 Å². The largest absolute Gasteiger partial charge is 0.389 e. The Hall–Kier alpha value is -1.33. The number of aliphatic hydroxyl groups is 1. The molecular weight excluding hydrogens is 242 g/mol. The van der Waals surface area contributed by atoms with Gasteiger partial charge in [0, 0.05) is 46.0 Å². The zero-order chi connectivity index (χ0) is 14.0. The number of nitrogens with zero attached hydrogens (tertiary/aromatic N) is 3. The Labute approximate surface area is 114 Å². The van der Waals surface area contributed by atoms with Crippen molar-refractivity contribution in [1.82, 2.24) is 14.4 Å². The molecule has 0 saturated carbocycles. The zero-order valence-electron chi connectivity index (χ0n) is 12.0. The minimum absolute atomic E-state index is 0.0930. The lowest BCUT2D eigenvalue weighted by molar-refractivity contribution is 0.0176. The molecule has 19 heavy (non-hydrogen) atoms. The molecule has 0 atom stereocenters. The number of β-amino-alcohol motifs (C(OH)–C–C–N with tert-alkyl or cyclic N) is 1. The lowest BCUT2D eigenvalue weighted by atomic mass is 10.1. The quantitative estimate of drug-likeness (QED) is 0.868. The summed E-state index contributed by atoms with van der Waals surface area (Å²) in [5, 5.41) is 9.81. The van der Waals surface area contributed by atoms with Gasteiger partial charge in [0.05, 0.1) is 5.60 Å². The smallest absolute Gasteiger partial charge is 0.270 e. The van der Waals surface area contributed by atoms with Crippen molar-refractivity contribution in [3.8, 4) is 0 Å². The number of hydrogen-bond donors (Lipinski definition) is 1. The molecule has 2 rings (SSSR count). The van der Waals surface area contributed by atoms with Crippen LogP contribution in [-0.4, -0.2) is 63.7 Å². The van der Waals surface area contributed by atoms with Gasteiger partial charge in [-0.1, -0.05) is 0 Å². The first-order chi connectivity index (χ1) is 8.87. The standard InChI is InChI=1S/C14H23N3O2/c1-14(2,19)11-16-7-9-17(10-8-16)13(18)12-5-4-6-15(12)3/h4-6,19H,7-11H2,1-3H3. The van der Waals surface area contributed by atoms with Gasteiger partial charge in [0.25, 0.3) is 5.91 Å². The second kappa shape index (κ2) is 5.35. The van der Waals surface area contributed by atoms with Gasteiger partial charge in [-0.05, 0) is 26.0 Å². The van der Waals surface area contributed by atoms with Crippen LogP contribution in [-0.2, 0) is 7.05 Å². The van der Waals surface area contributed by atoms with E-state index in [9.17, 15) is 9.90 Å². The van der Waals surface area contributed by atoms with E-state index in [0.717, 1.165) is 31.9 Å². The van der Waals surface area contributed by atoms with Crippen molar-refractivity contribution in [2.75, 3.05) is 32.7 Å². The molecule has 1 aromatic heterocycles. The van der Waals surface area contributed by atoms with E-state index in [1.54, 1.807) is 0 Å². The number of aromatic nitrogens is 1. The molecule has 0 aliphatic carbocycles. The fourth-order valence-corrected chi connectivity index (χ4v) is 2.50. The SMILES string of the molecule is Cn1cccc1C(=O)N1CCN(CC(C)(C)O)CC1. The topological polar surface area (TPSA) is 48.7 Å². The number of carbonyl (C=O) groups is 1. The first-order valence-electron chi connectivity index (χ1n) is 6.72. The lowest BCUT2D eigenvalue weighted by Crippen LogP contribution is -2.52. The number of amides is 1.